The summed E-state index contributed by atoms with van der Waals surface area (Å²) < 4.78 is 11.3. The summed E-state index contributed by atoms with van der Waals surface area (Å²) in [5.41, 5.74) is -9.90. The summed E-state index contributed by atoms with van der Waals surface area (Å²) >= 11 is 0. The van der Waals surface area contributed by atoms with Crippen LogP contribution in [0.15, 0.2) is 0 Å². The van der Waals surface area contributed by atoms with E-state index in [1.807, 2.05) is 0 Å². The topological polar surface area (TPSA) is 168 Å². The summed E-state index contributed by atoms with van der Waals surface area (Å²) in [5.74, 6) is -4.70. The first-order valence-corrected chi connectivity index (χ1v) is 18.0. The molecule has 1 aliphatic rings. The van der Waals surface area contributed by atoms with E-state index in [1.165, 1.54) is 77.0 Å². The molecule has 43 heavy (non-hydrogen) atoms. The highest BCUT2D eigenvalue weighted by atomic mass is 28.2. The van der Waals surface area contributed by atoms with E-state index in [2.05, 4.69) is 6.92 Å². The lowest BCUT2D eigenvalue weighted by Gasteiger charge is -2.58. The Morgan fingerprint density at radius 2 is 1.07 bits per heavy atom. The highest BCUT2D eigenvalue weighted by Gasteiger charge is 2.79. The molecule has 0 bridgehead atoms. The van der Waals surface area contributed by atoms with E-state index >= 15 is 0 Å². The van der Waals surface area contributed by atoms with Gasteiger partial charge in [-0.2, -0.15) is 0 Å². The predicted molar refractivity (Wildman–Crippen MR) is 166 cm³/mol. The predicted octanol–water partition coefficient (Wildman–Crippen LogP) is 3.40. The Balaban J connectivity index is 2.56. The van der Waals surface area contributed by atoms with E-state index in [9.17, 15) is 39.6 Å². The Kier molecular flexibility index (Phi) is 17.7. The van der Waals surface area contributed by atoms with Gasteiger partial charge in [0, 0.05) is 0 Å². The molecule has 0 aromatic rings. The number of carbonyl (C=O) groups excluding carboxylic acids is 4. The lowest BCUT2D eigenvalue weighted by atomic mass is 9.60. The Hall–Kier alpha value is -1.34. The van der Waals surface area contributed by atoms with Crippen molar-refractivity contribution in [2.45, 2.75) is 179 Å². The van der Waals surface area contributed by atoms with E-state index in [4.69, 9.17) is 9.16 Å². The van der Waals surface area contributed by atoms with Crippen molar-refractivity contribution in [1.29, 1.82) is 0 Å². The van der Waals surface area contributed by atoms with Crippen LogP contribution in [-0.4, -0.2) is 88.6 Å². The Morgan fingerprint density at radius 1 is 0.674 bits per heavy atom. The number of unbranched alkanes of at least 4 members (excludes halogenated alkanes) is 15. The normalized spacial score (nSPS) is 28.3. The monoisotopic (exact) mass is 630 g/mol. The van der Waals surface area contributed by atoms with Crippen LogP contribution in [-0.2, 0) is 28.3 Å². The Bertz CT molecular complexity index is 897. The van der Waals surface area contributed by atoms with Gasteiger partial charge in [0.25, 0.3) is 0 Å². The highest BCUT2D eigenvalue weighted by molar-refractivity contribution is 6.27. The van der Waals surface area contributed by atoms with Gasteiger partial charge < -0.3 is 29.6 Å². The fourth-order valence-electron chi connectivity index (χ4n) is 6.10. The molecule has 1 rings (SSSR count). The summed E-state index contributed by atoms with van der Waals surface area (Å²) in [5, 5.41) is 44.7. The lowest BCUT2D eigenvalue weighted by molar-refractivity contribution is -0.358. The number of ether oxygens (including phenoxy) is 1. The van der Waals surface area contributed by atoms with E-state index < -0.39 is 68.2 Å². The minimum atomic E-state index is -3.44. The van der Waals surface area contributed by atoms with Crippen molar-refractivity contribution >= 4 is 32.9 Å². The molecule has 6 atom stereocenters. The van der Waals surface area contributed by atoms with Crippen LogP contribution in [0.4, 0.5) is 0 Å². The van der Waals surface area contributed by atoms with Crippen LogP contribution in [0, 0.1) is 0 Å². The molecule has 0 aromatic carbocycles. The zero-order valence-corrected chi connectivity index (χ0v) is 28.6. The quantitative estimate of drug-likeness (QED) is 0.0916. The third kappa shape index (κ3) is 9.82. The van der Waals surface area contributed by atoms with Crippen molar-refractivity contribution in [3.05, 3.63) is 0 Å². The molecule has 10 nitrogen and oxygen atoms in total. The maximum atomic E-state index is 12.7. The van der Waals surface area contributed by atoms with Crippen LogP contribution in [0.5, 0.6) is 0 Å². The van der Waals surface area contributed by atoms with Gasteiger partial charge in [-0.25, -0.2) is 0 Å². The van der Waals surface area contributed by atoms with Crippen molar-refractivity contribution in [3.63, 3.8) is 0 Å². The van der Waals surface area contributed by atoms with Crippen LogP contribution >= 0.6 is 0 Å². The number of aliphatic hydroxyl groups excluding tert-OH is 1. The Labute approximate surface area is 260 Å². The number of carbonyl (C=O) groups is 4. The summed E-state index contributed by atoms with van der Waals surface area (Å²) in [6, 6.07) is 0.641. The molecule has 0 saturated carbocycles. The van der Waals surface area contributed by atoms with Crippen LogP contribution in [0.1, 0.15) is 137 Å². The summed E-state index contributed by atoms with van der Waals surface area (Å²) in [7, 11) is -1.49. The smallest absolute Gasteiger partial charge is 0.212 e. The fourth-order valence-corrected chi connectivity index (χ4v) is 7.36. The average molecular weight is 631 g/mol. The molecule has 1 fully saturated rings. The molecule has 1 heterocycles. The number of Topliss-reactive ketones (excluding diaryl/α,β-unsaturated/α-hetero) is 4. The molecule has 0 aromatic heterocycles. The molecule has 0 spiro atoms. The molecule has 1 aliphatic heterocycles. The van der Waals surface area contributed by atoms with Gasteiger partial charge in [0.2, 0.25) is 11.2 Å². The zero-order valence-electron chi connectivity index (χ0n) is 27.2. The highest BCUT2D eigenvalue weighted by Crippen LogP contribution is 2.47. The van der Waals surface area contributed by atoms with Crippen molar-refractivity contribution in [1.82, 2.24) is 0 Å². The molecule has 1 unspecified atom stereocenters. The summed E-state index contributed by atoms with van der Waals surface area (Å²) in [6.45, 7) is 5.66. The van der Waals surface area contributed by atoms with Crippen molar-refractivity contribution < 1.29 is 48.8 Å². The van der Waals surface area contributed by atoms with E-state index in [-0.39, 0.29) is 0 Å². The Morgan fingerprint density at radius 3 is 1.42 bits per heavy atom. The molecule has 1 saturated heterocycles. The first-order valence-electron chi connectivity index (χ1n) is 16.4. The van der Waals surface area contributed by atoms with Crippen molar-refractivity contribution in [3.8, 4) is 0 Å². The van der Waals surface area contributed by atoms with E-state index in [0.717, 1.165) is 53.4 Å². The first-order chi connectivity index (χ1) is 20.2. The minimum Gasteiger partial charge on any atom is -0.397 e. The molecule has 0 amide bonds. The molecule has 0 aliphatic carbocycles. The van der Waals surface area contributed by atoms with Gasteiger partial charge in [0.1, 0.15) is 12.2 Å². The van der Waals surface area contributed by atoms with Gasteiger partial charge >= 0.3 is 0 Å². The zero-order chi connectivity index (χ0) is 32.7. The number of ketones is 4. The van der Waals surface area contributed by atoms with E-state index in [0.29, 0.717) is 6.04 Å². The van der Waals surface area contributed by atoms with Gasteiger partial charge in [-0.3, -0.25) is 19.2 Å². The minimum absolute atomic E-state index is 0.641. The van der Waals surface area contributed by atoms with Crippen LogP contribution < -0.4 is 0 Å². The van der Waals surface area contributed by atoms with Crippen molar-refractivity contribution in [2.24, 2.45) is 0 Å². The molecular weight excluding hydrogens is 572 g/mol. The van der Waals surface area contributed by atoms with E-state index in [1.54, 1.807) is 0 Å². The molecule has 11 heteroatoms. The second kappa shape index (κ2) is 19.2. The summed E-state index contributed by atoms with van der Waals surface area (Å²) in [4.78, 5) is 50.1. The third-order valence-electron chi connectivity index (χ3n) is 8.93. The molecule has 250 valence electrons. The molecular formula is C32H58O10Si. The second-order valence-corrected chi connectivity index (χ2v) is 13.8. The van der Waals surface area contributed by atoms with Gasteiger partial charge in [0.05, 0.1) is 0 Å². The van der Waals surface area contributed by atoms with Gasteiger partial charge in [-0.15, -0.1) is 0 Å². The van der Waals surface area contributed by atoms with Crippen LogP contribution in [0.25, 0.3) is 0 Å². The average Bonchev–Trinajstić information content (AvgIpc) is 2.95. The van der Waals surface area contributed by atoms with Gasteiger partial charge in [-0.1, -0.05) is 110 Å². The van der Waals surface area contributed by atoms with Gasteiger partial charge in [-0.05, 0) is 33.7 Å². The lowest BCUT2D eigenvalue weighted by Crippen LogP contribution is -2.87. The standard InChI is InChI=1S/C32H58O10Si/c1-6-7-8-9-10-11-12-13-14-15-16-17-18-19-20-21-22-43-42-29-31(39,25(4)35)32(40,26(5)36)30(38,24(3)34)28(41-29)27(37)23(2)33/h27-29,37-40H,6-22,43H2,1-5H3/t27?,28-,29-,30-,31+,32+/m1/s1. The van der Waals surface area contributed by atoms with Crippen molar-refractivity contribution in [2.75, 3.05) is 0 Å². The number of aliphatic hydroxyl groups is 4. The van der Waals surface area contributed by atoms with Crippen LogP contribution in [0.2, 0.25) is 6.04 Å². The molecule has 4 N–H and O–H groups in total. The molecule has 0 radical (unpaired) electrons. The largest absolute Gasteiger partial charge is 0.397 e. The van der Waals surface area contributed by atoms with Crippen LogP contribution in [0.3, 0.4) is 0 Å². The third-order valence-corrected chi connectivity index (χ3v) is 10.3. The maximum Gasteiger partial charge on any atom is 0.212 e. The number of rotatable bonds is 24. The second-order valence-electron chi connectivity index (χ2n) is 12.4. The summed E-state index contributed by atoms with van der Waals surface area (Å²) in [6.07, 6.45) is 13.6. The number of hydrogen-bond donors (Lipinski definition) is 4. The number of hydrogen-bond acceptors (Lipinski definition) is 10. The van der Waals surface area contributed by atoms with Gasteiger partial charge in [0.15, 0.2) is 44.8 Å². The maximum absolute atomic E-state index is 12.7. The fraction of sp³-hybridized carbons (Fsp3) is 0.875. The SMILES string of the molecule is CCCCCCCCCCCCCCCCCC[SiH2]O[C@H]1O[C@H](C(O)C(C)=O)[C@](O)(C(C)=O)[C@@](O)(C(C)=O)[C@]1(O)C(C)=O. The first kappa shape index (κ1) is 39.7.